The highest BCUT2D eigenvalue weighted by Crippen LogP contribution is 2.17. The van der Waals surface area contributed by atoms with Gasteiger partial charge in [0.25, 0.3) is 5.91 Å². The molecule has 1 saturated heterocycles. The van der Waals surface area contributed by atoms with E-state index in [1.807, 2.05) is 42.5 Å². The molecule has 148 valence electrons. The Kier molecular flexibility index (Phi) is 5.99. The van der Waals surface area contributed by atoms with E-state index in [2.05, 4.69) is 0 Å². The largest absolute Gasteiger partial charge is 0.489 e. The molecule has 0 saturated carbocycles. The second-order valence-corrected chi connectivity index (χ2v) is 7.60. The van der Waals surface area contributed by atoms with Crippen LogP contribution in [0.5, 0.6) is 5.75 Å². The molecule has 28 heavy (non-hydrogen) atoms. The summed E-state index contributed by atoms with van der Waals surface area (Å²) in [5, 5.41) is 0. The average Bonchev–Trinajstić information content (AvgIpc) is 2.72. The zero-order valence-electron chi connectivity index (χ0n) is 16.4. The van der Waals surface area contributed by atoms with E-state index in [1.54, 1.807) is 35.8 Å². The minimum Gasteiger partial charge on any atom is -0.489 e. The molecule has 1 aliphatic rings. The van der Waals surface area contributed by atoms with Gasteiger partial charge in [-0.25, -0.2) is 0 Å². The zero-order chi connectivity index (χ0) is 20.1. The molecule has 6 nitrogen and oxygen atoms in total. The number of ether oxygens (including phenoxy) is 1. The summed E-state index contributed by atoms with van der Waals surface area (Å²) >= 11 is 0. The van der Waals surface area contributed by atoms with Crippen molar-refractivity contribution in [3.05, 3.63) is 65.7 Å². The fraction of sp³-hybridized carbons (Fsp3) is 0.364. The molecule has 0 atom stereocenters. The molecule has 1 fully saturated rings. The van der Waals surface area contributed by atoms with Gasteiger partial charge in [0.05, 0.1) is 5.54 Å². The van der Waals surface area contributed by atoms with Gasteiger partial charge in [-0.15, -0.1) is 0 Å². The molecule has 0 bridgehead atoms. The van der Waals surface area contributed by atoms with Gasteiger partial charge in [-0.3, -0.25) is 9.59 Å². The van der Waals surface area contributed by atoms with Gasteiger partial charge in [0.2, 0.25) is 5.91 Å². The fourth-order valence-electron chi connectivity index (χ4n) is 3.14. The summed E-state index contributed by atoms with van der Waals surface area (Å²) in [5.74, 6) is 0.606. The van der Waals surface area contributed by atoms with Crippen molar-refractivity contribution < 1.29 is 14.3 Å². The number of carbonyl (C=O) groups is 2. The van der Waals surface area contributed by atoms with Crippen LogP contribution in [0.3, 0.4) is 0 Å². The van der Waals surface area contributed by atoms with E-state index in [0.29, 0.717) is 38.3 Å². The van der Waals surface area contributed by atoms with Crippen molar-refractivity contribution in [1.82, 2.24) is 9.80 Å². The minimum absolute atomic E-state index is 0.0336. The van der Waals surface area contributed by atoms with Crippen LogP contribution in [-0.4, -0.2) is 53.3 Å². The van der Waals surface area contributed by atoms with E-state index in [1.165, 1.54) is 0 Å². The predicted octanol–water partition coefficient (Wildman–Crippen LogP) is 2.29. The van der Waals surface area contributed by atoms with Crippen LogP contribution in [0.4, 0.5) is 0 Å². The van der Waals surface area contributed by atoms with Crippen molar-refractivity contribution in [3.63, 3.8) is 0 Å². The zero-order valence-corrected chi connectivity index (χ0v) is 16.4. The smallest absolute Gasteiger partial charge is 0.253 e. The number of nitrogens with two attached hydrogens (primary N) is 1. The van der Waals surface area contributed by atoms with Crippen LogP contribution in [0.25, 0.3) is 0 Å². The molecule has 0 radical (unpaired) electrons. The van der Waals surface area contributed by atoms with E-state index >= 15 is 0 Å². The Balaban J connectivity index is 1.53. The van der Waals surface area contributed by atoms with Crippen LogP contribution in [0.1, 0.15) is 29.8 Å². The first-order chi connectivity index (χ1) is 13.3. The van der Waals surface area contributed by atoms with Crippen LogP contribution in [0.15, 0.2) is 54.6 Å². The number of piperazine rings is 1. The SMILES string of the molecule is CC(C)(N)C(=O)N1CCN(C(=O)c2ccc(OCc3ccccc3)cc2)CC1. The maximum absolute atomic E-state index is 12.7. The first-order valence-electron chi connectivity index (χ1n) is 9.49. The molecule has 1 heterocycles. The van der Waals surface area contributed by atoms with E-state index < -0.39 is 5.54 Å². The summed E-state index contributed by atoms with van der Waals surface area (Å²) < 4.78 is 5.76. The van der Waals surface area contributed by atoms with Gasteiger partial charge < -0.3 is 20.3 Å². The molecule has 0 aromatic heterocycles. The molecule has 0 aliphatic carbocycles. The van der Waals surface area contributed by atoms with Gasteiger partial charge in [0.15, 0.2) is 0 Å². The molecule has 6 heteroatoms. The van der Waals surface area contributed by atoms with Crippen LogP contribution in [0.2, 0.25) is 0 Å². The second kappa shape index (κ2) is 8.44. The Morgan fingerprint density at radius 3 is 2.07 bits per heavy atom. The molecular formula is C22H27N3O3. The first-order valence-corrected chi connectivity index (χ1v) is 9.49. The van der Waals surface area contributed by atoms with Crippen LogP contribution >= 0.6 is 0 Å². The van der Waals surface area contributed by atoms with Gasteiger partial charge >= 0.3 is 0 Å². The van der Waals surface area contributed by atoms with Crippen LogP contribution in [-0.2, 0) is 11.4 Å². The molecule has 2 aromatic rings. The maximum atomic E-state index is 12.7. The number of rotatable bonds is 5. The molecule has 1 aliphatic heterocycles. The maximum Gasteiger partial charge on any atom is 0.253 e. The molecular weight excluding hydrogens is 354 g/mol. The van der Waals surface area contributed by atoms with Gasteiger partial charge in [-0.1, -0.05) is 30.3 Å². The first kappa shape index (κ1) is 19.9. The quantitative estimate of drug-likeness (QED) is 0.862. The number of amides is 2. The number of nitrogens with zero attached hydrogens (tertiary/aromatic N) is 2. The standard InChI is InChI=1S/C22H27N3O3/c1-22(2,23)21(27)25-14-12-24(13-15-25)20(26)18-8-10-19(11-9-18)28-16-17-6-4-3-5-7-17/h3-11H,12-16,23H2,1-2H3. The number of carbonyl (C=O) groups excluding carboxylic acids is 2. The van der Waals surface area contributed by atoms with Crippen molar-refractivity contribution in [1.29, 1.82) is 0 Å². The molecule has 2 amide bonds. The Bertz CT molecular complexity index is 805. The highest BCUT2D eigenvalue weighted by Gasteiger charge is 2.31. The molecule has 0 unspecified atom stereocenters. The van der Waals surface area contributed by atoms with Gasteiger partial charge in [0.1, 0.15) is 12.4 Å². The lowest BCUT2D eigenvalue weighted by Gasteiger charge is -2.37. The Labute approximate surface area is 165 Å². The molecule has 3 rings (SSSR count). The van der Waals surface area contributed by atoms with Crippen molar-refractivity contribution in [2.45, 2.75) is 26.0 Å². The fourth-order valence-corrected chi connectivity index (χ4v) is 3.14. The third-order valence-electron chi connectivity index (χ3n) is 4.75. The average molecular weight is 381 g/mol. The predicted molar refractivity (Wildman–Crippen MR) is 108 cm³/mol. The van der Waals surface area contributed by atoms with Crippen LogP contribution in [0, 0.1) is 0 Å². The normalized spacial score (nSPS) is 14.7. The molecule has 0 spiro atoms. The summed E-state index contributed by atoms with van der Waals surface area (Å²) in [6, 6.07) is 17.1. The summed E-state index contributed by atoms with van der Waals surface area (Å²) in [7, 11) is 0. The minimum atomic E-state index is -0.887. The third kappa shape index (κ3) is 4.89. The molecule has 2 N–H and O–H groups in total. The lowest BCUT2D eigenvalue weighted by Crippen LogP contribution is -2.57. The number of benzene rings is 2. The summed E-state index contributed by atoms with van der Waals surface area (Å²) in [5.41, 5.74) is 6.71. The summed E-state index contributed by atoms with van der Waals surface area (Å²) in [6.07, 6.45) is 0. The highest BCUT2D eigenvalue weighted by molar-refractivity contribution is 5.94. The van der Waals surface area contributed by atoms with E-state index in [4.69, 9.17) is 10.5 Å². The van der Waals surface area contributed by atoms with Crippen molar-refractivity contribution in [2.24, 2.45) is 5.73 Å². The monoisotopic (exact) mass is 381 g/mol. The van der Waals surface area contributed by atoms with Gasteiger partial charge in [-0.2, -0.15) is 0 Å². The number of hydrogen-bond donors (Lipinski definition) is 1. The van der Waals surface area contributed by atoms with Crippen molar-refractivity contribution in [3.8, 4) is 5.75 Å². The lowest BCUT2D eigenvalue weighted by molar-refractivity contribution is -0.137. The summed E-state index contributed by atoms with van der Waals surface area (Å²) in [6.45, 7) is 5.91. The number of hydrogen-bond acceptors (Lipinski definition) is 4. The Hall–Kier alpha value is -2.86. The second-order valence-electron chi connectivity index (χ2n) is 7.60. The van der Waals surface area contributed by atoms with Gasteiger partial charge in [0, 0.05) is 31.7 Å². The van der Waals surface area contributed by atoms with Gasteiger partial charge in [-0.05, 0) is 43.7 Å². The Morgan fingerprint density at radius 2 is 1.50 bits per heavy atom. The van der Waals surface area contributed by atoms with E-state index in [0.717, 1.165) is 11.3 Å². The highest BCUT2D eigenvalue weighted by atomic mass is 16.5. The Morgan fingerprint density at radius 1 is 0.929 bits per heavy atom. The lowest BCUT2D eigenvalue weighted by atomic mass is 10.0. The van der Waals surface area contributed by atoms with E-state index in [-0.39, 0.29) is 11.8 Å². The van der Waals surface area contributed by atoms with Crippen molar-refractivity contribution >= 4 is 11.8 Å². The van der Waals surface area contributed by atoms with Crippen LogP contribution < -0.4 is 10.5 Å². The topological polar surface area (TPSA) is 75.9 Å². The van der Waals surface area contributed by atoms with Crippen molar-refractivity contribution in [2.75, 3.05) is 26.2 Å². The summed E-state index contributed by atoms with van der Waals surface area (Å²) in [4.78, 5) is 28.5. The molecule has 2 aromatic carbocycles. The van der Waals surface area contributed by atoms with E-state index in [9.17, 15) is 9.59 Å². The third-order valence-corrected chi connectivity index (χ3v) is 4.75.